The van der Waals surface area contributed by atoms with Gasteiger partial charge >= 0.3 is 5.97 Å². The van der Waals surface area contributed by atoms with E-state index in [0.29, 0.717) is 22.4 Å². The molecule has 0 spiro atoms. The van der Waals surface area contributed by atoms with E-state index in [-0.39, 0.29) is 11.5 Å². The van der Waals surface area contributed by atoms with Crippen molar-refractivity contribution in [3.8, 4) is 0 Å². The van der Waals surface area contributed by atoms with E-state index in [9.17, 15) is 19.2 Å². The minimum Gasteiger partial charge on any atom is -0.456 e. The summed E-state index contributed by atoms with van der Waals surface area (Å²) in [5, 5.41) is 2.52. The maximum Gasteiger partial charge on any atom is 0.328 e. The lowest BCUT2D eigenvalue weighted by molar-refractivity contribution is -0.144. The Morgan fingerprint density at radius 1 is 1.11 bits per heavy atom. The van der Waals surface area contributed by atoms with Gasteiger partial charge in [-0.25, -0.2) is 4.79 Å². The van der Waals surface area contributed by atoms with Crippen molar-refractivity contribution in [2.75, 3.05) is 6.61 Å². The minimum atomic E-state index is -0.912. The third-order valence-corrected chi connectivity index (χ3v) is 4.15. The number of amides is 1. The first-order chi connectivity index (χ1) is 12.7. The van der Waals surface area contributed by atoms with Gasteiger partial charge in [0, 0.05) is 16.8 Å². The first kappa shape index (κ1) is 20.1. The monoisotopic (exact) mass is 370 g/mol. The van der Waals surface area contributed by atoms with E-state index in [0.717, 1.165) is 0 Å². The second kappa shape index (κ2) is 8.44. The maximum absolute atomic E-state index is 12.3. The molecule has 2 rings (SSSR count). The van der Waals surface area contributed by atoms with E-state index >= 15 is 0 Å². The average Bonchev–Trinajstić information content (AvgIpc) is 2.94. The molecule has 0 aliphatic carbocycles. The molecule has 1 aromatic carbocycles. The number of ether oxygens (including phenoxy) is 1. The van der Waals surface area contributed by atoms with Crippen LogP contribution in [0.2, 0.25) is 0 Å². The number of esters is 1. The van der Waals surface area contributed by atoms with Gasteiger partial charge in [0.25, 0.3) is 5.91 Å². The lowest BCUT2D eigenvalue weighted by Crippen LogP contribution is -2.40. The van der Waals surface area contributed by atoms with Crippen LogP contribution < -0.4 is 5.32 Å². The summed E-state index contributed by atoms with van der Waals surface area (Å²) in [5.41, 5.74) is 2.26. The summed E-state index contributed by atoms with van der Waals surface area (Å²) in [5.74, 6) is -1.72. The predicted octanol–water partition coefficient (Wildman–Crippen LogP) is 2.38. The number of nitrogens with one attached hydrogen (secondary N) is 2. The second-order valence-electron chi connectivity index (χ2n) is 6.27. The Hall–Kier alpha value is -3.22. The van der Waals surface area contributed by atoms with Gasteiger partial charge in [-0.3, -0.25) is 14.4 Å². The molecule has 2 N–H and O–H groups in total. The van der Waals surface area contributed by atoms with Crippen LogP contribution in [0.3, 0.4) is 0 Å². The number of ketones is 2. The molecule has 0 saturated carbocycles. The third kappa shape index (κ3) is 4.69. The molecule has 1 aromatic heterocycles. The van der Waals surface area contributed by atoms with Crippen molar-refractivity contribution in [3.05, 3.63) is 58.4 Å². The molecule has 1 amide bonds. The number of hydrogen-bond donors (Lipinski definition) is 2. The van der Waals surface area contributed by atoms with Gasteiger partial charge in [0.15, 0.2) is 12.4 Å². The van der Waals surface area contributed by atoms with Gasteiger partial charge in [-0.2, -0.15) is 0 Å². The van der Waals surface area contributed by atoms with Crippen LogP contribution in [-0.2, 0) is 9.53 Å². The first-order valence-electron chi connectivity index (χ1n) is 8.48. The molecular formula is C20H22N2O5. The quantitative estimate of drug-likeness (QED) is 0.575. The van der Waals surface area contributed by atoms with Gasteiger partial charge in [0.05, 0.1) is 5.69 Å². The summed E-state index contributed by atoms with van der Waals surface area (Å²) < 4.78 is 5.01. The summed E-state index contributed by atoms with van der Waals surface area (Å²) in [6.45, 7) is 5.79. The van der Waals surface area contributed by atoms with E-state index < -0.39 is 30.3 Å². The van der Waals surface area contributed by atoms with Crippen LogP contribution in [0.25, 0.3) is 0 Å². The molecule has 0 radical (unpaired) electrons. The van der Waals surface area contributed by atoms with E-state index in [1.807, 2.05) is 0 Å². The number of Topliss-reactive ketones (excluding diaryl/α,β-unsaturated/α-hetero) is 2. The van der Waals surface area contributed by atoms with Gasteiger partial charge in [0.1, 0.15) is 6.04 Å². The molecule has 0 unspecified atom stereocenters. The highest BCUT2D eigenvalue weighted by molar-refractivity contribution is 6.04. The molecule has 7 nitrogen and oxygen atoms in total. The Morgan fingerprint density at radius 3 is 2.30 bits per heavy atom. The Bertz CT molecular complexity index is 883. The lowest BCUT2D eigenvalue weighted by Gasteiger charge is -2.13. The SMILES string of the molecule is CC(=O)c1c(C)[nH]c(C(=O)COC(=O)[C@H](C)NC(=O)c2ccccc2)c1C. The Morgan fingerprint density at radius 2 is 1.74 bits per heavy atom. The van der Waals surface area contributed by atoms with Crippen molar-refractivity contribution in [2.45, 2.75) is 33.7 Å². The Balaban J connectivity index is 1.95. The zero-order valence-electron chi connectivity index (χ0n) is 15.7. The third-order valence-electron chi connectivity index (χ3n) is 4.15. The molecule has 1 atom stereocenters. The molecule has 27 heavy (non-hydrogen) atoms. The van der Waals surface area contributed by atoms with Crippen LogP contribution in [-0.4, -0.2) is 41.1 Å². The highest BCUT2D eigenvalue weighted by atomic mass is 16.5. The molecule has 2 aromatic rings. The van der Waals surface area contributed by atoms with Crippen molar-refractivity contribution >= 4 is 23.4 Å². The van der Waals surface area contributed by atoms with Gasteiger partial charge in [0.2, 0.25) is 5.78 Å². The smallest absolute Gasteiger partial charge is 0.328 e. The average molecular weight is 370 g/mol. The minimum absolute atomic E-state index is 0.144. The van der Waals surface area contributed by atoms with Crippen LogP contribution in [0, 0.1) is 13.8 Å². The van der Waals surface area contributed by atoms with Crippen molar-refractivity contribution in [3.63, 3.8) is 0 Å². The number of aryl methyl sites for hydroxylation is 1. The standard InChI is InChI=1S/C20H22N2O5/c1-11-17(14(4)23)12(2)21-18(11)16(24)10-27-20(26)13(3)22-19(25)15-8-6-5-7-9-15/h5-9,13,21H,10H2,1-4H3,(H,22,25)/t13-/m0/s1. The van der Waals surface area contributed by atoms with Crippen molar-refractivity contribution in [1.29, 1.82) is 0 Å². The fourth-order valence-electron chi connectivity index (χ4n) is 2.82. The van der Waals surface area contributed by atoms with Crippen LogP contribution in [0.4, 0.5) is 0 Å². The van der Waals surface area contributed by atoms with Gasteiger partial charge < -0.3 is 15.0 Å². The Labute approximate surface area is 157 Å². The van der Waals surface area contributed by atoms with Crippen molar-refractivity contribution in [1.82, 2.24) is 10.3 Å². The van der Waals surface area contributed by atoms with Crippen LogP contribution in [0.15, 0.2) is 30.3 Å². The first-order valence-corrected chi connectivity index (χ1v) is 8.48. The zero-order valence-corrected chi connectivity index (χ0v) is 15.7. The molecule has 0 bridgehead atoms. The summed E-state index contributed by atoms with van der Waals surface area (Å²) >= 11 is 0. The maximum atomic E-state index is 12.3. The topological polar surface area (TPSA) is 105 Å². The van der Waals surface area contributed by atoms with Crippen molar-refractivity contribution in [2.24, 2.45) is 0 Å². The molecule has 1 heterocycles. The molecule has 142 valence electrons. The van der Waals surface area contributed by atoms with Crippen LogP contribution >= 0.6 is 0 Å². The number of aromatic amines is 1. The largest absolute Gasteiger partial charge is 0.456 e. The number of benzene rings is 1. The number of carbonyl (C=O) groups excluding carboxylic acids is 4. The molecular weight excluding hydrogens is 348 g/mol. The molecule has 0 aliphatic rings. The normalized spacial score (nSPS) is 11.6. The lowest BCUT2D eigenvalue weighted by atomic mass is 10.1. The zero-order chi connectivity index (χ0) is 20.1. The number of hydrogen-bond acceptors (Lipinski definition) is 5. The summed E-state index contributed by atoms with van der Waals surface area (Å²) in [6, 6.07) is 7.55. The van der Waals surface area contributed by atoms with E-state index in [4.69, 9.17) is 4.74 Å². The van der Waals surface area contributed by atoms with E-state index in [1.54, 1.807) is 44.2 Å². The number of carbonyl (C=O) groups is 4. The fourth-order valence-corrected chi connectivity index (χ4v) is 2.82. The molecule has 0 saturated heterocycles. The van der Waals surface area contributed by atoms with Gasteiger partial charge in [-0.05, 0) is 45.4 Å². The van der Waals surface area contributed by atoms with E-state index in [2.05, 4.69) is 10.3 Å². The van der Waals surface area contributed by atoms with Gasteiger partial charge in [-0.15, -0.1) is 0 Å². The number of H-pyrrole nitrogens is 1. The highest BCUT2D eigenvalue weighted by Gasteiger charge is 2.23. The van der Waals surface area contributed by atoms with E-state index in [1.165, 1.54) is 13.8 Å². The Kier molecular flexibility index (Phi) is 6.28. The predicted molar refractivity (Wildman–Crippen MR) is 98.9 cm³/mol. The molecule has 0 aliphatic heterocycles. The summed E-state index contributed by atoms with van der Waals surface area (Å²) in [6.07, 6.45) is 0. The highest BCUT2D eigenvalue weighted by Crippen LogP contribution is 2.19. The second-order valence-corrected chi connectivity index (χ2v) is 6.27. The van der Waals surface area contributed by atoms with Crippen LogP contribution in [0.1, 0.15) is 56.3 Å². The summed E-state index contributed by atoms with van der Waals surface area (Å²) in [7, 11) is 0. The fraction of sp³-hybridized carbons (Fsp3) is 0.300. The summed E-state index contributed by atoms with van der Waals surface area (Å²) in [4.78, 5) is 50.9. The molecule has 0 fully saturated rings. The number of aromatic nitrogens is 1. The van der Waals surface area contributed by atoms with Gasteiger partial charge in [-0.1, -0.05) is 18.2 Å². The van der Waals surface area contributed by atoms with Crippen LogP contribution in [0.5, 0.6) is 0 Å². The molecule has 7 heteroatoms. The van der Waals surface area contributed by atoms with Crippen molar-refractivity contribution < 1.29 is 23.9 Å². The number of rotatable bonds is 7.